The first-order chi connectivity index (χ1) is 8.14. The molecule has 5 heteroatoms. The summed E-state index contributed by atoms with van der Waals surface area (Å²) in [7, 11) is 0. The second kappa shape index (κ2) is 6.93. The van der Waals surface area contributed by atoms with E-state index in [0.29, 0.717) is 39.2 Å². The number of aliphatic carboxylic acids is 1. The van der Waals surface area contributed by atoms with Crippen LogP contribution in [0, 0.1) is 0 Å². The number of carbonyl (C=O) groups is 1. The van der Waals surface area contributed by atoms with E-state index in [-0.39, 0.29) is 6.10 Å². The maximum Gasteiger partial charge on any atom is 0.323 e. The molecule has 0 aliphatic heterocycles. The molecule has 0 aromatic rings. The van der Waals surface area contributed by atoms with Crippen LogP contribution in [0.2, 0.25) is 0 Å². The molecule has 1 rings (SSSR count). The van der Waals surface area contributed by atoms with Crippen LogP contribution in [0.4, 0.5) is 0 Å². The fourth-order valence-corrected chi connectivity index (χ4v) is 2.33. The minimum atomic E-state index is -0.787. The molecule has 1 aliphatic rings. The molecular formula is C12H23NO4. The lowest BCUT2D eigenvalue weighted by atomic mass is 9.98. The zero-order valence-electron chi connectivity index (χ0n) is 10.7. The van der Waals surface area contributed by atoms with Gasteiger partial charge in [-0.2, -0.15) is 0 Å². The van der Waals surface area contributed by atoms with Crippen LogP contribution in [0.3, 0.4) is 0 Å². The third-order valence-corrected chi connectivity index (χ3v) is 3.18. The fraction of sp³-hybridized carbons (Fsp3) is 0.917. The van der Waals surface area contributed by atoms with E-state index >= 15 is 0 Å². The van der Waals surface area contributed by atoms with Crippen molar-refractivity contribution >= 4 is 5.97 Å². The van der Waals surface area contributed by atoms with E-state index in [0.717, 1.165) is 6.42 Å². The van der Waals surface area contributed by atoms with E-state index in [1.807, 2.05) is 13.8 Å². The normalized spacial score (nSPS) is 28.5. The molecule has 2 unspecified atom stereocenters. The second-order valence-electron chi connectivity index (χ2n) is 4.35. The van der Waals surface area contributed by atoms with E-state index in [1.54, 1.807) is 0 Å². The summed E-state index contributed by atoms with van der Waals surface area (Å²) in [5.74, 6) is -0.768. The largest absolute Gasteiger partial charge is 0.480 e. The Morgan fingerprint density at radius 1 is 1.47 bits per heavy atom. The maximum atomic E-state index is 11.3. The van der Waals surface area contributed by atoms with Crippen molar-refractivity contribution in [3.05, 3.63) is 0 Å². The molecule has 1 fully saturated rings. The van der Waals surface area contributed by atoms with Gasteiger partial charge < -0.3 is 19.9 Å². The molecule has 2 N–H and O–H groups in total. The average molecular weight is 245 g/mol. The first kappa shape index (κ1) is 14.4. The van der Waals surface area contributed by atoms with Gasteiger partial charge in [0.05, 0.1) is 19.3 Å². The Labute approximate surface area is 102 Å². The SMILES string of the molecule is CCNC1(C(=O)O)CCC(OCCOCC)C1. The van der Waals surface area contributed by atoms with E-state index in [1.165, 1.54) is 0 Å². The fourth-order valence-electron chi connectivity index (χ4n) is 2.33. The van der Waals surface area contributed by atoms with Gasteiger partial charge in [0.15, 0.2) is 0 Å². The molecule has 17 heavy (non-hydrogen) atoms. The van der Waals surface area contributed by atoms with Gasteiger partial charge >= 0.3 is 5.97 Å². The molecule has 100 valence electrons. The van der Waals surface area contributed by atoms with Crippen molar-refractivity contribution in [2.75, 3.05) is 26.4 Å². The Morgan fingerprint density at radius 2 is 2.24 bits per heavy atom. The smallest absolute Gasteiger partial charge is 0.323 e. The molecule has 0 bridgehead atoms. The number of carboxylic acid groups (broad SMARTS) is 1. The standard InChI is InChI=1S/C12H23NO4/c1-3-13-12(11(14)15)6-5-10(9-12)17-8-7-16-4-2/h10,13H,3-9H2,1-2H3,(H,14,15). The highest BCUT2D eigenvalue weighted by molar-refractivity contribution is 5.79. The molecule has 1 saturated carbocycles. The number of rotatable bonds is 8. The summed E-state index contributed by atoms with van der Waals surface area (Å²) < 4.78 is 10.8. The Kier molecular flexibility index (Phi) is 5.88. The summed E-state index contributed by atoms with van der Waals surface area (Å²) in [6.07, 6.45) is 2.01. The molecule has 2 atom stereocenters. The van der Waals surface area contributed by atoms with Crippen LogP contribution < -0.4 is 5.32 Å². The van der Waals surface area contributed by atoms with Gasteiger partial charge in [-0.25, -0.2) is 0 Å². The first-order valence-corrected chi connectivity index (χ1v) is 6.32. The monoisotopic (exact) mass is 245 g/mol. The van der Waals surface area contributed by atoms with Crippen LogP contribution in [0.15, 0.2) is 0 Å². The molecule has 0 amide bonds. The average Bonchev–Trinajstić information content (AvgIpc) is 2.70. The van der Waals surface area contributed by atoms with Crippen molar-refractivity contribution in [2.45, 2.75) is 44.8 Å². The van der Waals surface area contributed by atoms with Crippen molar-refractivity contribution in [3.8, 4) is 0 Å². The Morgan fingerprint density at radius 3 is 2.82 bits per heavy atom. The van der Waals surface area contributed by atoms with Crippen molar-refractivity contribution < 1.29 is 19.4 Å². The van der Waals surface area contributed by atoms with Gasteiger partial charge in [0.1, 0.15) is 5.54 Å². The maximum absolute atomic E-state index is 11.3. The van der Waals surface area contributed by atoms with Crippen molar-refractivity contribution in [1.29, 1.82) is 0 Å². The Balaban J connectivity index is 2.35. The lowest BCUT2D eigenvalue weighted by Crippen LogP contribution is -2.50. The minimum absolute atomic E-state index is 0.0330. The highest BCUT2D eigenvalue weighted by Crippen LogP contribution is 2.32. The number of carboxylic acids is 1. The lowest BCUT2D eigenvalue weighted by molar-refractivity contribution is -0.145. The number of nitrogens with one attached hydrogen (secondary N) is 1. The zero-order valence-corrected chi connectivity index (χ0v) is 10.7. The third kappa shape index (κ3) is 3.94. The van der Waals surface area contributed by atoms with Crippen LogP contribution >= 0.6 is 0 Å². The number of ether oxygens (including phenoxy) is 2. The minimum Gasteiger partial charge on any atom is -0.480 e. The molecule has 0 heterocycles. The molecule has 0 aromatic heterocycles. The summed E-state index contributed by atoms with van der Waals surface area (Å²) in [4.78, 5) is 11.3. The van der Waals surface area contributed by atoms with Crippen molar-refractivity contribution in [2.24, 2.45) is 0 Å². The summed E-state index contributed by atoms with van der Waals surface area (Å²) in [5, 5.41) is 12.4. The van der Waals surface area contributed by atoms with E-state index in [9.17, 15) is 9.90 Å². The summed E-state index contributed by atoms with van der Waals surface area (Å²) in [6.45, 7) is 6.33. The molecular weight excluding hydrogens is 222 g/mol. The summed E-state index contributed by atoms with van der Waals surface area (Å²) >= 11 is 0. The van der Waals surface area contributed by atoms with Gasteiger partial charge in [-0.15, -0.1) is 0 Å². The van der Waals surface area contributed by atoms with E-state index in [2.05, 4.69) is 5.32 Å². The molecule has 0 saturated heterocycles. The van der Waals surface area contributed by atoms with E-state index in [4.69, 9.17) is 9.47 Å². The quantitative estimate of drug-likeness (QED) is 0.625. The number of hydrogen-bond acceptors (Lipinski definition) is 4. The molecule has 0 spiro atoms. The highest BCUT2D eigenvalue weighted by Gasteiger charge is 2.45. The predicted molar refractivity (Wildman–Crippen MR) is 64.1 cm³/mol. The van der Waals surface area contributed by atoms with Gasteiger partial charge in [-0.05, 0) is 26.3 Å². The predicted octanol–water partition coefficient (Wildman–Crippen LogP) is 1.02. The highest BCUT2D eigenvalue weighted by atomic mass is 16.5. The second-order valence-corrected chi connectivity index (χ2v) is 4.35. The van der Waals surface area contributed by atoms with Crippen molar-refractivity contribution in [1.82, 2.24) is 5.32 Å². The van der Waals surface area contributed by atoms with Gasteiger partial charge in [-0.1, -0.05) is 6.92 Å². The van der Waals surface area contributed by atoms with Crippen LogP contribution in [0.1, 0.15) is 33.1 Å². The van der Waals surface area contributed by atoms with E-state index < -0.39 is 11.5 Å². The number of likely N-dealkylation sites (N-methyl/N-ethyl adjacent to an activating group) is 1. The van der Waals surface area contributed by atoms with Crippen LogP contribution in [-0.4, -0.2) is 49.1 Å². The topological polar surface area (TPSA) is 67.8 Å². The van der Waals surface area contributed by atoms with Gasteiger partial charge in [0.2, 0.25) is 0 Å². The van der Waals surface area contributed by atoms with Gasteiger partial charge in [-0.3, -0.25) is 4.79 Å². The molecule has 1 aliphatic carbocycles. The van der Waals surface area contributed by atoms with Gasteiger partial charge in [0, 0.05) is 13.0 Å². The summed E-state index contributed by atoms with van der Waals surface area (Å²) in [6, 6.07) is 0. The molecule has 0 radical (unpaired) electrons. The third-order valence-electron chi connectivity index (χ3n) is 3.18. The van der Waals surface area contributed by atoms with Crippen LogP contribution in [-0.2, 0) is 14.3 Å². The van der Waals surface area contributed by atoms with Crippen molar-refractivity contribution in [3.63, 3.8) is 0 Å². The first-order valence-electron chi connectivity index (χ1n) is 6.32. The number of hydrogen-bond donors (Lipinski definition) is 2. The Bertz CT molecular complexity index is 247. The van der Waals surface area contributed by atoms with Crippen LogP contribution in [0.25, 0.3) is 0 Å². The van der Waals surface area contributed by atoms with Gasteiger partial charge in [0.25, 0.3) is 0 Å². The zero-order chi connectivity index (χ0) is 12.7. The molecule has 0 aromatic carbocycles. The summed E-state index contributed by atoms with van der Waals surface area (Å²) in [5.41, 5.74) is -0.787. The molecule has 5 nitrogen and oxygen atoms in total. The van der Waals surface area contributed by atoms with Crippen LogP contribution in [0.5, 0.6) is 0 Å². The lowest BCUT2D eigenvalue weighted by Gasteiger charge is -2.25. The Hall–Kier alpha value is -0.650.